The fourth-order valence-corrected chi connectivity index (χ4v) is 2.39. The molecule has 0 amide bonds. The maximum Gasteiger partial charge on any atom is 0.139 e. The summed E-state index contributed by atoms with van der Waals surface area (Å²) in [7, 11) is 0. The van der Waals surface area contributed by atoms with Gasteiger partial charge >= 0.3 is 0 Å². The van der Waals surface area contributed by atoms with E-state index in [0.29, 0.717) is 6.54 Å². The molecule has 0 bridgehead atoms. The van der Waals surface area contributed by atoms with Crippen LogP contribution in [-0.2, 0) is 6.54 Å². The lowest BCUT2D eigenvalue weighted by Crippen LogP contribution is -1.94. The monoisotopic (exact) mass is 229 g/mol. The Morgan fingerprint density at radius 3 is 3.00 bits per heavy atom. The zero-order valence-corrected chi connectivity index (χ0v) is 9.42. The van der Waals surface area contributed by atoms with E-state index >= 15 is 0 Å². The van der Waals surface area contributed by atoms with Crippen molar-refractivity contribution < 1.29 is 0 Å². The smallest absolute Gasteiger partial charge is 0.139 e. The van der Waals surface area contributed by atoms with Crippen molar-refractivity contribution in [3.05, 3.63) is 41.4 Å². The number of thiazole rings is 1. The second kappa shape index (κ2) is 3.73. The van der Waals surface area contributed by atoms with Crippen LogP contribution in [0.1, 0.15) is 5.56 Å². The number of nitrogens with zero attached hydrogens (tertiary/aromatic N) is 1. The summed E-state index contributed by atoms with van der Waals surface area (Å²) in [6, 6.07) is 8.34. The minimum Gasteiger partial charge on any atom is -0.353 e. The van der Waals surface area contributed by atoms with E-state index in [0.717, 1.165) is 21.8 Å². The highest BCUT2D eigenvalue weighted by Gasteiger charge is 2.05. The topological polar surface area (TPSA) is 54.7 Å². The molecule has 3 N–H and O–H groups in total. The Bertz CT molecular complexity index is 610. The van der Waals surface area contributed by atoms with E-state index in [1.165, 1.54) is 5.39 Å². The number of H-pyrrole nitrogens is 1. The second-order valence-electron chi connectivity index (χ2n) is 3.65. The summed E-state index contributed by atoms with van der Waals surface area (Å²) in [6.45, 7) is 0.577. The van der Waals surface area contributed by atoms with Crippen molar-refractivity contribution in [2.45, 2.75) is 6.54 Å². The lowest BCUT2D eigenvalue weighted by molar-refractivity contribution is 1.08. The van der Waals surface area contributed by atoms with Crippen molar-refractivity contribution >= 4 is 22.2 Å². The van der Waals surface area contributed by atoms with Gasteiger partial charge in [0.2, 0.25) is 0 Å². The highest BCUT2D eigenvalue weighted by atomic mass is 32.1. The Labute approximate surface area is 96.9 Å². The van der Waals surface area contributed by atoms with Gasteiger partial charge in [-0.2, -0.15) is 0 Å². The summed E-state index contributed by atoms with van der Waals surface area (Å²) in [5, 5.41) is 4.19. The molecule has 16 heavy (non-hydrogen) atoms. The number of rotatable bonds is 2. The molecule has 0 unspecified atom stereocenters. The molecule has 3 aromatic rings. The molecule has 1 aromatic carbocycles. The first kappa shape index (κ1) is 9.57. The Balaban J connectivity index is 2.16. The molecule has 0 radical (unpaired) electrons. The quantitative estimate of drug-likeness (QED) is 0.710. The van der Waals surface area contributed by atoms with Crippen LogP contribution in [0.25, 0.3) is 21.6 Å². The first-order chi connectivity index (χ1) is 7.86. The van der Waals surface area contributed by atoms with Gasteiger partial charge < -0.3 is 10.7 Å². The van der Waals surface area contributed by atoms with Crippen LogP contribution < -0.4 is 5.73 Å². The summed E-state index contributed by atoms with van der Waals surface area (Å²) in [5.74, 6) is 0. The lowest BCUT2D eigenvalue weighted by Gasteiger charge is -1.94. The maximum atomic E-state index is 5.62. The average Bonchev–Trinajstić information content (AvgIpc) is 2.96. The summed E-state index contributed by atoms with van der Waals surface area (Å²) in [6.07, 6.45) is 1.82. The van der Waals surface area contributed by atoms with Gasteiger partial charge in [0.15, 0.2) is 0 Å². The summed E-state index contributed by atoms with van der Waals surface area (Å²) in [5.41, 5.74) is 8.97. The first-order valence-electron chi connectivity index (χ1n) is 5.08. The van der Waals surface area contributed by atoms with E-state index in [1.807, 2.05) is 17.6 Å². The molecule has 3 nitrogen and oxygen atoms in total. The molecule has 4 heteroatoms. The van der Waals surface area contributed by atoms with Crippen molar-refractivity contribution in [3.8, 4) is 10.7 Å². The molecule has 0 saturated heterocycles. The predicted molar refractivity (Wildman–Crippen MR) is 67.3 cm³/mol. The first-order valence-corrected chi connectivity index (χ1v) is 5.96. The summed E-state index contributed by atoms with van der Waals surface area (Å²) in [4.78, 5) is 7.64. The zero-order valence-electron chi connectivity index (χ0n) is 8.60. The molecule has 0 fully saturated rings. The van der Waals surface area contributed by atoms with Crippen molar-refractivity contribution in [2.24, 2.45) is 5.73 Å². The molecule has 0 atom stereocenters. The molecule has 0 spiro atoms. The molecule has 0 saturated carbocycles. The minimum atomic E-state index is 0.577. The van der Waals surface area contributed by atoms with Crippen LogP contribution in [-0.4, -0.2) is 9.97 Å². The van der Waals surface area contributed by atoms with Gasteiger partial charge in [0.05, 0.1) is 5.69 Å². The molecule has 0 aliphatic carbocycles. The van der Waals surface area contributed by atoms with Crippen LogP contribution >= 0.6 is 11.3 Å². The Morgan fingerprint density at radius 1 is 1.31 bits per heavy atom. The van der Waals surface area contributed by atoms with Crippen LogP contribution in [0.15, 0.2) is 35.8 Å². The largest absolute Gasteiger partial charge is 0.353 e. The minimum absolute atomic E-state index is 0.577. The van der Waals surface area contributed by atoms with Crippen LogP contribution in [0.4, 0.5) is 0 Å². The van der Waals surface area contributed by atoms with Crippen LogP contribution in [0.5, 0.6) is 0 Å². The van der Waals surface area contributed by atoms with Gasteiger partial charge in [-0.25, -0.2) is 4.98 Å². The molecule has 80 valence electrons. The maximum absolute atomic E-state index is 5.62. The number of nitrogens with one attached hydrogen (secondary N) is 1. The second-order valence-corrected chi connectivity index (χ2v) is 4.54. The third-order valence-electron chi connectivity index (χ3n) is 2.58. The van der Waals surface area contributed by atoms with Crippen LogP contribution in [0, 0.1) is 0 Å². The van der Waals surface area contributed by atoms with Crippen LogP contribution in [0.2, 0.25) is 0 Å². The van der Waals surface area contributed by atoms with Crippen molar-refractivity contribution in [2.75, 3.05) is 0 Å². The zero-order chi connectivity index (χ0) is 11.0. The van der Waals surface area contributed by atoms with Gasteiger partial charge in [0, 0.05) is 29.0 Å². The van der Waals surface area contributed by atoms with E-state index in [2.05, 4.69) is 28.2 Å². The normalized spacial score (nSPS) is 11.1. The van der Waals surface area contributed by atoms with E-state index in [-0.39, 0.29) is 0 Å². The van der Waals surface area contributed by atoms with Crippen molar-refractivity contribution in [3.63, 3.8) is 0 Å². The third kappa shape index (κ3) is 1.52. The molecule has 0 aliphatic heterocycles. The molecular weight excluding hydrogens is 218 g/mol. The lowest BCUT2D eigenvalue weighted by atomic mass is 10.1. The number of aromatic nitrogens is 2. The fraction of sp³-hybridized carbons (Fsp3) is 0.0833. The Hall–Kier alpha value is -1.65. The Morgan fingerprint density at radius 2 is 2.25 bits per heavy atom. The number of hydrogen-bond acceptors (Lipinski definition) is 3. The van der Waals surface area contributed by atoms with Gasteiger partial charge in [-0.1, -0.05) is 6.07 Å². The van der Waals surface area contributed by atoms with E-state index < -0.39 is 0 Å². The van der Waals surface area contributed by atoms with Gasteiger partial charge in [-0.3, -0.25) is 0 Å². The Kier molecular flexibility index (Phi) is 2.23. The summed E-state index contributed by atoms with van der Waals surface area (Å²) < 4.78 is 0. The SMILES string of the molecule is NCc1ccc2[nH]c(-c3nccs3)cc2c1. The number of aromatic amines is 1. The van der Waals surface area contributed by atoms with E-state index in [4.69, 9.17) is 5.73 Å². The molecule has 2 aromatic heterocycles. The van der Waals surface area contributed by atoms with Gasteiger partial charge in [-0.15, -0.1) is 11.3 Å². The number of benzene rings is 1. The average molecular weight is 229 g/mol. The van der Waals surface area contributed by atoms with Gasteiger partial charge in [0.25, 0.3) is 0 Å². The van der Waals surface area contributed by atoms with E-state index in [9.17, 15) is 0 Å². The molecule has 0 aliphatic rings. The molecular formula is C12H11N3S. The fourth-order valence-electron chi connectivity index (χ4n) is 1.78. The van der Waals surface area contributed by atoms with Crippen LogP contribution in [0.3, 0.4) is 0 Å². The van der Waals surface area contributed by atoms with E-state index in [1.54, 1.807) is 11.3 Å². The van der Waals surface area contributed by atoms with Crippen molar-refractivity contribution in [1.29, 1.82) is 0 Å². The molecule has 2 heterocycles. The highest BCUT2D eigenvalue weighted by Crippen LogP contribution is 2.26. The number of hydrogen-bond donors (Lipinski definition) is 2. The predicted octanol–water partition coefficient (Wildman–Crippen LogP) is 2.75. The standard InChI is InChI=1S/C12H11N3S/c13-7-8-1-2-10-9(5-8)6-11(15-10)12-14-3-4-16-12/h1-6,15H,7,13H2. The third-order valence-corrected chi connectivity index (χ3v) is 3.39. The van der Waals surface area contributed by atoms with Crippen molar-refractivity contribution in [1.82, 2.24) is 9.97 Å². The van der Waals surface area contributed by atoms with Gasteiger partial charge in [-0.05, 0) is 23.8 Å². The number of nitrogens with two attached hydrogens (primary N) is 1. The molecule has 3 rings (SSSR count). The summed E-state index contributed by atoms with van der Waals surface area (Å²) >= 11 is 1.63. The number of fused-ring (bicyclic) bond motifs is 1. The highest BCUT2D eigenvalue weighted by molar-refractivity contribution is 7.13. The van der Waals surface area contributed by atoms with Gasteiger partial charge in [0.1, 0.15) is 5.01 Å².